The van der Waals surface area contributed by atoms with Crippen LogP contribution in [-0.2, 0) is 13.0 Å². The molecular formula is C27H27N3O. The quantitative estimate of drug-likeness (QED) is 0.476. The second-order valence-corrected chi connectivity index (χ2v) is 8.07. The number of rotatable bonds is 5. The fourth-order valence-electron chi connectivity index (χ4n) is 3.67. The summed E-state index contributed by atoms with van der Waals surface area (Å²) in [7, 11) is 2.17. The van der Waals surface area contributed by atoms with Crippen molar-refractivity contribution < 1.29 is 4.79 Å². The molecule has 3 aromatic rings. The average Bonchev–Trinajstić information content (AvgIpc) is 2.81. The molecule has 0 aliphatic carbocycles. The van der Waals surface area contributed by atoms with E-state index >= 15 is 0 Å². The highest BCUT2D eigenvalue weighted by Crippen LogP contribution is 2.13. The highest BCUT2D eigenvalue weighted by Gasteiger charge is 2.14. The molecule has 0 spiro atoms. The van der Waals surface area contributed by atoms with Gasteiger partial charge in [0.2, 0.25) is 0 Å². The number of ketones is 1. The summed E-state index contributed by atoms with van der Waals surface area (Å²) in [6.07, 6.45) is 3.85. The van der Waals surface area contributed by atoms with Gasteiger partial charge in [0.15, 0.2) is 5.78 Å². The van der Waals surface area contributed by atoms with Crippen LogP contribution >= 0.6 is 0 Å². The van der Waals surface area contributed by atoms with E-state index in [-0.39, 0.29) is 5.78 Å². The van der Waals surface area contributed by atoms with Crippen LogP contribution in [0, 0.1) is 11.8 Å². The van der Waals surface area contributed by atoms with E-state index in [1.54, 1.807) is 12.4 Å². The summed E-state index contributed by atoms with van der Waals surface area (Å²) in [5.41, 5.74) is 4.72. The van der Waals surface area contributed by atoms with Crippen LogP contribution in [0.1, 0.15) is 32.6 Å². The van der Waals surface area contributed by atoms with Crippen molar-refractivity contribution in [1.29, 1.82) is 0 Å². The van der Waals surface area contributed by atoms with Gasteiger partial charge in [-0.15, -0.1) is 0 Å². The predicted octanol–water partition coefficient (Wildman–Crippen LogP) is 3.65. The van der Waals surface area contributed by atoms with Gasteiger partial charge in [-0.3, -0.25) is 14.7 Å². The van der Waals surface area contributed by atoms with Crippen molar-refractivity contribution in [3.8, 4) is 11.8 Å². The molecule has 1 saturated heterocycles. The van der Waals surface area contributed by atoms with Gasteiger partial charge in [-0.1, -0.05) is 48.2 Å². The zero-order valence-electron chi connectivity index (χ0n) is 17.9. The van der Waals surface area contributed by atoms with E-state index in [0.717, 1.165) is 49.4 Å². The summed E-state index contributed by atoms with van der Waals surface area (Å²) in [6, 6.07) is 19.8. The third-order valence-corrected chi connectivity index (χ3v) is 5.59. The Morgan fingerprint density at radius 3 is 2.35 bits per heavy atom. The molecule has 4 heteroatoms. The number of pyridine rings is 1. The number of hydrogen-bond acceptors (Lipinski definition) is 4. The van der Waals surface area contributed by atoms with Crippen molar-refractivity contribution in [2.75, 3.05) is 33.2 Å². The van der Waals surface area contributed by atoms with Gasteiger partial charge >= 0.3 is 0 Å². The second-order valence-electron chi connectivity index (χ2n) is 8.07. The Balaban J connectivity index is 1.36. The van der Waals surface area contributed by atoms with Crippen molar-refractivity contribution in [3.05, 3.63) is 101 Å². The summed E-state index contributed by atoms with van der Waals surface area (Å²) in [5.74, 6) is 6.32. The van der Waals surface area contributed by atoms with Gasteiger partial charge in [0.1, 0.15) is 0 Å². The summed E-state index contributed by atoms with van der Waals surface area (Å²) in [6.45, 7) is 5.43. The molecule has 1 aliphatic rings. The van der Waals surface area contributed by atoms with Crippen molar-refractivity contribution in [1.82, 2.24) is 14.8 Å². The van der Waals surface area contributed by atoms with Gasteiger partial charge in [0.25, 0.3) is 0 Å². The Bertz CT molecular complexity index is 1070. The van der Waals surface area contributed by atoms with Gasteiger partial charge in [-0.25, -0.2) is 0 Å². The minimum Gasteiger partial charge on any atom is -0.304 e. The topological polar surface area (TPSA) is 36.4 Å². The molecule has 1 fully saturated rings. The third-order valence-electron chi connectivity index (χ3n) is 5.59. The molecule has 4 nitrogen and oxygen atoms in total. The van der Waals surface area contributed by atoms with E-state index in [4.69, 9.17) is 0 Å². The number of piperazine rings is 1. The maximum atomic E-state index is 12.8. The molecule has 4 rings (SSSR count). The van der Waals surface area contributed by atoms with Crippen LogP contribution < -0.4 is 0 Å². The number of carbonyl (C=O) groups excluding carboxylic acids is 1. The highest BCUT2D eigenvalue weighted by molar-refractivity contribution is 5.97. The van der Waals surface area contributed by atoms with E-state index in [0.29, 0.717) is 12.0 Å². The van der Waals surface area contributed by atoms with Gasteiger partial charge in [0, 0.05) is 68.2 Å². The molecule has 0 amide bonds. The molecule has 0 atom stereocenters. The minimum absolute atomic E-state index is 0.108. The zero-order valence-corrected chi connectivity index (χ0v) is 17.9. The molecule has 31 heavy (non-hydrogen) atoms. The lowest BCUT2D eigenvalue weighted by Gasteiger charge is -2.32. The van der Waals surface area contributed by atoms with E-state index in [9.17, 15) is 4.79 Å². The molecular weight excluding hydrogens is 382 g/mol. The standard InChI is InChI=1S/C27H27N3O/c1-29-14-16-30(17-15-29)21-25-11-8-23(9-12-25)19-27(31)26-6-2-4-22(18-26)7-10-24-5-3-13-28-20-24/h2-6,8-9,11-13,18,20H,14-17,19,21H2,1H3. The van der Waals surface area contributed by atoms with Crippen molar-refractivity contribution in [2.45, 2.75) is 13.0 Å². The summed E-state index contributed by atoms with van der Waals surface area (Å²) < 4.78 is 0. The largest absolute Gasteiger partial charge is 0.304 e. The monoisotopic (exact) mass is 409 g/mol. The Kier molecular flexibility index (Phi) is 6.89. The van der Waals surface area contributed by atoms with Crippen molar-refractivity contribution in [3.63, 3.8) is 0 Å². The minimum atomic E-state index is 0.108. The first-order chi connectivity index (χ1) is 15.2. The molecule has 0 N–H and O–H groups in total. The number of nitrogens with zero attached hydrogens (tertiary/aromatic N) is 3. The lowest BCUT2D eigenvalue weighted by molar-refractivity contribution is 0.0993. The Labute approximate surface area is 184 Å². The van der Waals surface area contributed by atoms with Crippen LogP contribution in [0.5, 0.6) is 0 Å². The van der Waals surface area contributed by atoms with Crippen molar-refractivity contribution in [2.24, 2.45) is 0 Å². The first-order valence-electron chi connectivity index (χ1n) is 10.7. The highest BCUT2D eigenvalue weighted by atomic mass is 16.1. The number of carbonyl (C=O) groups is 1. The fraction of sp³-hybridized carbons (Fsp3) is 0.259. The molecule has 1 aliphatic heterocycles. The number of likely N-dealkylation sites (N-methyl/N-ethyl adjacent to an activating group) is 1. The number of hydrogen-bond donors (Lipinski definition) is 0. The average molecular weight is 410 g/mol. The normalized spacial score (nSPS) is 14.6. The van der Waals surface area contributed by atoms with Crippen LogP contribution in [-0.4, -0.2) is 53.8 Å². The molecule has 1 aromatic heterocycles. The molecule has 2 aromatic carbocycles. The van der Waals surface area contributed by atoms with Gasteiger partial charge in [-0.05, 0) is 42.4 Å². The molecule has 0 bridgehead atoms. The van der Waals surface area contributed by atoms with E-state index in [1.807, 2.05) is 36.4 Å². The molecule has 0 unspecified atom stereocenters. The van der Waals surface area contributed by atoms with Crippen LogP contribution in [0.2, 0.25) is 0 Å². The number of benzene rings is 2. The van der Waals surface area contributed by atoms with Crippen LogP contribution in [0.4, 0.5) is 0 Å². The maximum absolute atomic E-state index is 12.8. The van der Waals surface area contributed by atoms with Crippen LogP contribution in [0.15, 0.2) is 73.1 Å². The van der Waals surface area contributed by atoms with E-state index in [1.165, 1.54) is 5.56 Å². The second kappa shape index (κ2) is 10.2. The Hall–Kier alpha value is -3.26. The van der Waals surface area contributed by atoms with Crippen LogP contribution in [0.3, 0.4) is 0 Å². The molecule has 2 heterocycles. The Morgan fingerprint density at radius 2 is 1.61 bits per heavy atom. The predicted molar refractivity (Wildman–Crippen MR) is 124 cm³/mol. The van der Waals surface area contributed by atoms with Gasteiger partial charge in [0.05, 0.1) is 0 Å². The summed E-state index contributed by atoms with van der Waals surface area (Å²) in [5, 5.41) is 0. The number of aromatic nitrogens is 1. The zero-order chi connectivity index (χ0) is 21.5. The molecule has 0 radical (unpaired) electrons. The third kappa shape index (κ3) is 6.11. The van der Waals surface area contributed by atoms with Crippen molar-refractivity contribution >= 4 is 5.78 Å². The SMILES string of the molecule is CN1CCN(Cc2ccc(CC(=O)c3cccc(C#Cc4cccnc4)c3)cc2)CC1. The van der Waals surface area contributed by atoms with E-state index < -0.39 is 0 Å². The smallest absolute Gasteiger partial charge is 0.167 e. The maximum Gasteiger partial charge on any atom is 0.167 e. The first-order valence-corrected chi connectivity index (χ1v) is 10.7. The van der Waals surface area contributed by atoms with Crippen LogP contribution in [0.25, 0.3) is 0 Å². The molecule has 156 valence electrons. The lowest BCUT2D eigenvalue weighted by Crippen LogP contribution is -2.43. The Morgan fingerprint density at radius 1 is 0.903 bits per heavy atom. The van der Waals surface area contributed by atoms with E-state index in [2.05, 4.69) is 57.9 Å². The van der Waals surface area contributed by atoms with Gasteiger partial charge < -0.3 is 4.90 Å². The molecule has 0 saturated carbocycles. The summed E-state index contributed by atoms with van der Waals surface area (Å²) >= 11 is 0. The number of Topliss-reactive ketones (excluding diaryl/α,β-unsaturated/α-hetero) is 1. The first kappa shape index (κ1) is 21.0. The lowest BCUT2D eigenvalue weighted by atomic mass is 10.0. The van der Waals surface area contributed by atoms with Gasteiger partial charge in [-0.2, -0.15) is 0 Å². The summed E-state index contributed by atoms with van der Waals surface area (Å²) in [4.78, 5) is 21.7. The fourth-order valence-corrected chi connectivity index (χ4v) is 3.67.